The van der Waals surface area contributed by atoms with Crippen molar-refractivity contribution < 1.29 is 14.3 Å². The summed E-state index contributed by atoms with van der Waals surface area (Å²) < 4.78 is 5.69. The first-order valence-corrected chi connectivity index (χ1v) is 8.65. The van der Waals surface area contributed by atoms with Crippen molar-refractivity contribution in [2.24, 2.45) is 0 Å². The molecule has 2 aromatic rings. The summed E-state index contributed by atoms with van der Waals surface area (Å²) in [6, 6.07) is 12.8. The molecule has 0 saturated carbocycles. The molecule has 25 heavy (non-hydrogen) atoms. The summed E-state index contributed by atoms with van der Waals surface area (Å²) in [6.45, 7) is 0.679. The van der Waals surface area contributed by atoms with Crippen LogP contribution in [-0.4, -0.2) is 24.5 Å². The molecule has 4 rings (SSSR count). The van der Waals surface area contributed by atoms with Crippen LogP contribution in [0.15, 0.2) is 42.5 Å². The van der Waals surface area contributed by atoms with Crippen molar-refractivity contribution >= 4 is 34.8 Å². The number of carbonyl (C=O) groups is 2. The first kappa shape index (κ1) is 16.0. The van der Waals surface area contributed by atoms with E-state index in [-0.39, 0.29) is 11.8 Å². The average Bonchev–Trinajstić information content (AvgIpc) is 3.21. The summed E-state index contributed by atoms with van der Waals surface area (Å²) in [6.07, 6.45) is 1.40. The van der Waals surface area contributed by atoms with Gasteiger partial charge in [0, 0.05) is 25.1 Å². The smallest absolute Gasteiger partial charge is 0.265 e. The lowest BCUT2D eigenvalue weighted by Gasteiger charge is -2.18. The van der Waals surface area contributed by atoms with Crippen LogP contribution in [0.2, 0.25) is 5.02 Å². The number of nitrogens with zero attached hydrogens (tertiary/aromatic N) is 1. The number of para-hydroxylation sites is 1. The average molecular weight is 357 g/mol. The largest absolute Gasteiger partial charge is 0.480 e. The first-order valence-electron chi connectivity index (χ1n) is 8.27. The van der Waals surface area contributed by atoms with Crippen LogP contribution in [-0.2, 0) is 16.0 Å². The monoisotopic (exact) mass is 356 g/mol. The third-order valence-corrected chi connectivity index (χ3v) is 4.82. The molecule has 0 bridgehead atoms. The molecule has 1 saturated heterocycles. The fraction of sp³-hybridized carbons (Fsp3) is 0.263. The van der Waals surface area contributed by atoms with E-state index in [1.54, 1.807) is 23.1 Å². The molecule has 5 nitrogen and oxygen atoms in total. The lowest BCUT2D eigenvalue weighted by atomic mass is 10.1. The van der Waals surface area contributed by atoms with Gasteiger partial charge in [-0.15, -0.1) is 0 Å². The molecule has 0 aliphatic carbocycles. The molecule has 0 radical (unpaired) electrons. The van der Waals surface area contributed by atoms with Crippen molar-refractivity contribution in [2.45, 2.75) is 25.4 Å². The van der Waals surface area contributed by atoms with E-state index in [4.69, 9.17) is 16.3 Å². The Morgan fingerprint density at radius 3 is 2.80 bits per heavy atom. The molecule has 2 aromatic carbocycles. The second kappa shape index (κ2) is 6.41. The molecule has 0 spiro atoms. The molecule has 0 aromatic heterocycles. The van der Waals surface area contributed by atoms with E-state index in [9.17, 15) is 9.59 Å². The number of benzene rings is 2. The van der Waals surface area contributed by atoms with E-state index in [1.807, 2.05) is 24.3 Å². The maximum absolute atomic E-state index is 12.4. The predicted molar refractivity (Wildman–Crippen MR) is 96.2 cm³/mol. The number of anilines is 2. The van der Waals surface area contributed by atoms with Gasteiger partial charge in [-0.2, -0.15) is 0 Å². The maximum atomic E-state index is 12.4. The van der Waals surface area contributed by atoms with Gasteiger partial charge in [0.2, 0.25) is 5.91 Å². The van der Waals surface area contributed by atoms with E-state index in [2.05, 4.69) is 5.32 Å². The third-order valence-electron chi connectivity index (χ3n) is 4.52. The van der Waals surface area contributed by atoms with Crippen LogP contribution in [0.4, 0.5) is 11.4 Å². The molecule has 1 fully saturated rings. The Morgan fingerprint density at radius 2 is 2.08 bits per heavy atom. The number of carbonyl (C=O) groups excluding carboxylic acids is 2. The van der Waals surface area contributed by atoms with Crippen molar-refractivity contribution in [3.8, 4) is 5.75 Å². The normalized spacial score (nSPS) is 18.8. The van der Waals surface area contributed by atoms with Gasteiger partial charge in [0.1, 0.15) is 5.75 Å². The SMILES string of the molecule is O=C(Nc1ccc(N2CCCC2=O)c(Cl)c1)C1Cc2ccccc2O1. The Kier molecular flexibility index (Phi) is 4.09. The van der Waals surface area contributed by atoms with Crippen LogP contribution >= 0.6 is 11.6 Å². The van der Waals surface area contributed by atoms with E-state index >= 15 is 0 Å². The zero-order valence-electron chi connectivity index (χ0n) is 13.5. The quantitative estimate of drug-likeness (QED) is 0.916. The summed E-state index contributed by atoms with van der Waals surface area (Å²) in [7, 11) is 0. The number of ether oxygens (including phenoxy) is 1. The second-order valence-corrected chi connectivity index (χ2v) is 6.63. The summed E-state index contributed by atoms with van der Waals surface area (Å²) in [4.78, 5) is 26.0. The minimum Gasteiger partial charge on any atom is -0.480 e. The Morgan fingerprint density at radius 1 is 1.24 bits per heavy atom. The van der Waals surface area contributed by atoms with Gasteiger partial charge in [-0.05, 0) is 36.2 Å². The van der Waals surface area contributed by atoms with Gasteiger partial charge in [-0.3, -0.25) is 9.59 Å². The highest BCUT2D eigenvalue weighted by molar-refractivity contribution is 6.34. The number of amides is 2. The number of hydrogen-bond acceptors (Lipinski definition) is 3. The molecule has 2 heterocycles. The fourth-order valence-corrected chi connectivity index (χ4v) is 3.54. The molecular weight excluding hydrogens is 340 g/mol. The summed E-state index contributed by atoms with van der Waals surface area (Å²) in [5.74, 6) is 0.622. The van der Waals surface area contributed by atoms with Crippen LogP contribution in [0, 0.1) is 0 Å². The van der Waals surface area contributed by atoms with E-state index in [0.29, 0.717) is 35.8 Å². The number of fused-ring (bicyclic) bond motifs is 1. The van der Waals surface area contributed by atoms with Gasteiger partial charge in [0.25, 0.3) is 5.91 Å². The number of hydrogen-bond donors (Lipinski definition) is 1. The van der Waals surface area contributed by atoms with Crippen molar-refractivity contribution in [2.75, 3.05) is 16.8 Å². The molecule has 6 heteroatoms. The molecule has 128 valence electrons. The Hall–Kier alpha value is -2.53. The summed E-state index contributed by atoms with van der Waals surface area (Å²) in [5, 5.41) is 3.28. The van der Waals surface area contributed by atoms with Gasteiger partial charge < -0.3 is 15.0 Å². The fourth-order valence-electron chi connectivity index (χ4n) is 3.26. The van der Waals surface area contributed by atoms with Crippen LogP contribution in [0.5, 0.6) is 5.75 Å². The Bertz CT molecular complexity index is 827. The van der Waals surface area contributed by atoms with Gasteiger partial charge in [-0.1, -0.05) is 29.8 Å². The molecule has 1 N–H and O–H groups in total. The molecule has 2 aliphatic rings. The minimum absolute atomic E-state index is 0.0794. The van der Waals surface area contributed by atoms with E-state index < -0.39 is 6.10 Å². The van der Waals surface area contributed by atoms with Gasteiger partial charge in [0.15, 0.2) is 6.10 Å². The molecule has 1 atom stereocenters. The Labute approximate surface area is 150 Å². The van der Waals surface area contributed by atoms with E-state index in [1.165, 1.54) is 0 Å². The van der Waals surface area contributed by atoms with Crippen molar-refractivity contribution in [3.63, 3.8) is 0 Å². The summed E-state index contributed by atoms with van der Waals surface area (Å²) in [5.41, 5.74) is 2.31. The van der Waals surface area contributed by atoms with Crippen LogP contribution in [0.3, 0.4) is 0 Å². The lowest BCUT2D eigenvalue weighted by Crippen LogP contribution is -2.31. The van der Waals surface area contributed by atoms with E-state index in [0.717, 1.165) is 17.7 Å². The highest BCUT2D eigenvalue weighted by atomic mass is 35.5. The number of nitrogens with one attached hydrogen (secondary N) is 1. The molecule has 2 aliphatic heterocycles. The Balaban J connectivity index is 1.46. The lowest BCUT2D eigenvalue weighted by molar-refractivity contribution is -0.122. The van der Waals surface area contributed by atoms with Gasteiger partial charge >= 0.3 is 0 Å². The molecule has 1 unspecified atom stereocenters. The zero-order valence-corrected chi connectivity index (χ0v) is 14.3. The van der Waals surface area contributed by atoms with Crippen LogP contribution in [0.1, 0.15) is 18.4 Å². The standard InChI is InChI=1S/C19H17ClN2O3/c20-14-11-13(7-8-15(14)22-9-3-6-18(22)23)21-19(24)17-10-12-4-1-2-5-16(12)25-17/h1-2,4-5,7-8,11,17H,3,6,9-10H2,(H,21,24). The van der Waals surface area contributed by atoms with Crippen LogP contribution in [0.25, 0.3) is 0 Å². The topological polar surface area (TPSA) is 58.6 Å². The zero-order chi connectivity index (χ0) is 17.4. The highest BCUT2D eigenvalue weighted by Crippen LogP contribution is 2.32. The first-order chi connectivity index (χ1) is 12.1. The van der Waals surface area contributed by atoms with Crippen molar-refractivity contribution in [1.29, 1.82) is 0 Å². The second-order valence-electron chi connectivity index (χ2n) is 6.22. The van der Waals surface area contributed by atoms with Crippen molar-refractivity contribution in [1.82, 2.24) is 0 Å². The molecule has 2 amide bonds. The molecular formula is C19H17ClN2O3. The van der Waals surface area contributed by atoms with Crippen LogP contribution < -0.4 is 15.0 Å². The van der Waals surface area contributed by atoms with Gasteiger partial charge in [0.05, 0.1) is 10.7 Å². The number of halogens is 1. The minimum atomic E-state index is -0.545. The predicted octanol–water partition coefficient (Wildman–Crippen LogP) is 3.41. The summed E-state index contributed by atoms with van der Waals surface area (Å²) >= 11 is 6.31. The van der Waals surface area contributed by atoms with Crippen molar-refractivity contribution in [3.05, 3.63) is 53.1 Å². The highest BCUT2D eigenvalue weighted by Gasteiger charge is 2.29. The third kappa shape index (κ3) is 3.07. The number of rotatable bonds is 3. The van der Waals surface area contributed by atoms with Gasteiger partial charge in [-0.25, -0.2) is 0 Å². The maximum Gasteiger partial charge on any atom is 0.265 e.